The lowest BCUT2D eigenvalue weighted by atomic mass is 10.1. The van der Waals surface area contributed by atoms with E-state index in [1.165, 1.54) is 26.2 Å². The predicted molar refractivity (Wildman–Crippen MR) is 77.1 cm³/mol. The number of rotatable bonds is 4. The molecule has 0 aromatic heterocycles. The number of hydrogen-bond donors (Lipinski definition) is 0. The van der Waals surface area contributed by atoms with Crippen LogP contribution in [0.25, 0.3) is 0 Å². The number of nitrogens with zero attached hydrogens (tertiary/aromatic N) is 1. The van der Waals surface area contributed by atoms with E-state index < -0.39 is 22.1 Å². The maximum absolute atomic E-state index is 12.2. The van der Waals surface area contributed by atoms with Gasteiger partial charge in [0.2, 0.25) is 10.0 Å². The summed E-state index contributed by atoms with van der Waals surface area (Å²) in [5.41, 5.74) is 0.623. The summed E-state index contributed by atoms with van der Waals surface area (Å²) in [6, 6.07) is 2.87. The monoisotopic (exact) mass is 333 g/mol. The summed E-state index contributed by atoms with van der Waals surface area (Å²) >= 11 is 6.02. The normalized spacial score (nSPS) is 17.5. The molecule has 1 heterocycles. The van der Waals surface area contributed by atoms with E-state index in [9.17, 15) is 13.2 Å². The molecule has 0 amide bonds. The van der Waals surface area contributed by atoms with Crippen LogP contribution < -0.4 is 4.74 Å². The van der Waals surface area contributed by atoms with Crippen molar-refractivity contribution in [3.05, 3.63) is 22.7 Å². The van der Waals surface area contributed by atoms with Gasteiger partial charge in [0, 0.05) is 26.6 Å². The molecule has 2 rings (SSSR count). The van der Waals surface area contributed by atoms with E-state index in [1.54, 1.807) is 6.92 Å². The van der Waals surface area contributed by atoms with Gasteiger partial charge >= 0.3 is 5.97 Å². The first-order chi connectivity index (χ1) is 9.77. The minimum atomic E-state index is -3.65. The molecule has 0 N–H and O–H groups in total. The van der Waals surface area contributed by atoms with E-state index in [2.05, 4.69) is 0 Å². The molecule has 0 bridgehead atoms. The third kappa shape index (κ3) is 3.00. The molecule has 1 aliphatic heterocycles. The van der Waals surface area contributed by atoms with Crippen LogP contribution in [-0.2, 0) is 26.0 Å². The number of carbonyl (C=O) groups is 1. The minimum absolute atomic E-state index is 0.000950. The fraction of sp³-hybridized carbons (Fsp3) is 0.462. The van der Waals surface area contributed by atoms with Crippen molar-refractivity contribution in [3.63, 3.8) is 0 Å². The quantitative estimate of drug-likeness (QED) is 0.780. The van der Waals surface area contributed by atoms with Crippen LogP contribution >= 0.6 is 11.6 Å². The Morgan fingerprint density at radius 3 is 2.71 bits per heavy atom. The molecule has 1 atom stereocenters. The summed E-state index contributed by atoms with van der Waals surface area (Å²) < 4.78 is 35.8. The van der Waals surface area contributed by atoms with Gasteiger partial charge in [-0.2, -0.15) is 0 Å². The summed E-state index contributed by atoms with van der Waals surface area (Å²) in [5, 5.41) is 0.0620. The van der Waals surface area contributed by atoms with Gasteiger partial charge in [-0.05, 0) is 18.6 Å². The molecule has 1 unspecified atom stereocenters. The van der Waals surface area contributed by atoms with E-state index in [0.717, 1.165) is 4.31 Å². The first kappa shape index (κ1) is 16.1. The molecule has 0 saturated heterocycles. The molecule has 1 aromatic carbocycles. The number of ether oxygens (including phenoxy) is 2. The maximum atomic E-state index is 12.2. The van der Waals surface area contributed by atoms with Crippen LogP contribution in [0.4, 0.5) is 0 Å². The highest BCUT2D eigenvalue weighted by atomic mass is 35.5. The number of carbonyl (C=O) groups excluding carboxylic acids is 1. The van der Waals surface area contributed by atoms with E-state index in [-0.39, 0.29) is 22.9 Å². The highest BCUT2D eigenvalue weighted by Gasteiger charge is 2.33. The third-order valence-corrected chi connectivity index (χ3v) is 5.38. The molecular weight excluding hydrogens is 318 g/mol. The molecule has 1 aromatic rings. The number of sulfonamides is 1. The predicted octanol–water partition coefficient (Wildman–Crippen LogP) is 1.46. The zero-order valence-electron chi connectivity index (χ0n) is 11.9. The molecule has 0 radical (unpaired) electrons. The highest BCUT2D eigenvalue weighted by molar-refractivity contribution is 7.89. The summed E-state index contributed by atoms with van der Waals surface area (Å²) in [7, 11) is -0.793. The lowest BCUT2D eigenvalue weighted by molar-refractivity contribution is -0.150. The van der Waals surface area contributed by atoms with Crippen molar-refractivity contribution in [2.45, 2.75) is 24.3 Å². The van der Waals surface area contributed by atoms with E-state index in [1.807, 2.05) is 0 Å². The average Bonchev–Trinajstić information content (AvgIpc) is 2.80. The Labute approximate surface area is 128 Å². The van der Waals surface area contributed by atoms with Crippen molar-refractivity contribution >= 4 is 27.6 Å². The van der Waals surface area contributed by atoms with Crippen molar-refractivity contribution in [2.75, 3.05) is 20.7 Å². The Bertz CT molecular complexity index is 671. The second-order valence-corrected chi connectivity index (χ2v) is 7.27. The first-order valence-electron chi connectivity index (χ1n) is 6.35. The minimum Gasteiger partial charge on any atom is -0.478 e. The molecule has 0 saturated carbocycles. The molecule has 1 aliphatic rings. The van der Waals surface area contributed by atoms with Crippen molar-refractivity contribution in [2.24, 2.45) is 0 Å². The summed E-state index contributed by atoms with van der Waals surface area (Å²) in [5.74, 6) is -0.0578. The Balaban J connectivity index is 2.36. The zero-order valence-corrected chi connectivity index (χ0v) is 13.5. The summed E-state index contributed by atoms with van der Waals surface area (Å²) in [6.45, 7) is 1.97. The van der Waals surface area contributed by atoms with Crippen LogP contribution in [0.3, 0.4) is 0 Å². The number of hydrogen-bond acceptors (Lipinski definition) is 5. The van der Waals surface area contributed by atoms with Crippen LogP contribution in [0.5, 0.6) is 5.75 Å². The molecule has 8 heteroatoms. The number of fused-ring (bicyclic) bond motifs is 1. The largest absolute Gasteiger partial charge is 0.478 e. The van der Waals surface area contributed by atoms with Crippen LogP contribution in [0.15, 0.2) is 17.0 Å². The fourth-order valence-electron chi connectivity index (χ4n) is 2.00. The SMILES string of the molecule is CCOC(=O)C1Cc2cc(S(=O)(=O)N(C)C)c(Cl)cc2O1. The van der Waals surface area contributed by atoms with E-state index in [0.29, 0.717) is 11.3 Å². The third-order valence-electron chi connectivity index (χ3n) is 3.10. The van der Waals surface area contributed by atoms with Gasteiger partial charge < -0.3 is 9.47 Å². The lowest BCUT2D eigenvalue weighted by Crippen LogP contribution is -2.27. The second kappa shape index (κ2) is 5.82. The lowest BCUT2D eigenvalue weighted by Gasteiger charge is -2.13. The standard InChI is InChI=1S/C13H16ClNO5S/c1-4-19-13(16)11-5-8-6-12(21(17,18)15(2)3)9(14)7-10(8)20-11/h6-7,11H,4-5H2,1-3H3. The Kier molecular flexibility index (Phi) is 4.46. The van der Waals surface area contributed by atoms with Crippen LogP contribution in [0, 0.1) is 0 Å². The molecule has 0 aliphatic carbocycles. The summed E-state index contributed by atoms with van der Waals surface area (Å²) in [6.07, 6.45) is -0.491. The number of benzene rings is 1. The van der Waals surface area contributed by atoms with Crippen molar-refractivity contribution in [3.8, 4) is 5.75 Å². The Morgan fingerprint density at radius 1 is 1.48 bits per heavy atom. The molecule has 6 nitrogen and oxygen atoms in total. The molecular formula is C13H16ClNO5S. The van der Waals surface area contributed by atoms with Gasteiger partial charge in [-0.3, -0.25) is 0 Å². The van der Waals surface area contributed by atoms with Crippen molar-refractivity contribution in [1.29, 1.82) is 0 Å². The average molecular weight is 334 g/mol. The van der Waals surface area contributed by atoms with Crippen LogP contribution in [0.1, 0.15) is 12.5 Å². The Morgan fingerprint density at radius 2 is 2.14 bits per heavy atom. The molecule has 0 fully saturated rings. The first-order valence-corrected chi connectivity index (χ1v) is 8.17. The van der Waals surface area contributed by atoms with Gasteiger partial charge in [0.15, 0.2) is 6.10 Å². The van der Waals surface area contributed by atoms with Gasteiger partial charge in [-0.15, -0.1) is 0 Å². The molecule has 116 valence electrons. The molecule has 21 heavy (non-hydrogen) atoms. The van der Waals surface area contributed by atoms with Crippen molar-refractivity contribution in [1.82, 2.24) is 4.31 Å². The van der Waals surface area contributed by atoms with Crippen LogP contribution in [-0.4, -0.2) is 45.5 Å². The topological polar surface area (TPSA) is 72.9 Å². The van der Waals surface area contributed by atoms with Crippen molar-refractivity contribution < 1.29 is 22.7 Å². The van der Waals surface area contributed by atoms with Gasteiger partial charge in [-0.1, -0.05) is 11.6 Å². The smallest absolute Gasteiger partial charge is 0.347 e. The second-order valence-electron chi connectivity index (χ2n) is 4.74. The van der Waals surface area contributed by atoms with E-state index in [4.69, 9.17) is 21.1 Å². The summed E-state index contributed by atoms with van der Waals surface area (Å²) in [4.78, 5) is 11.7. The number of esters is 1. The van der Waals surface area contributed by atoms with Gasteiger partial charge in [-0.25, -0.2) is 17.5 Å². The van der Waals surface area contributed by atoms with E-state index >= 15 is 0 Å². The highest BCUT2D eigenvalue weighted by Crippen LogP contribution is 2.36. The maximum Gasteiger partial charge on any atom is 0.347 e. The van der Waals surface area contributed by atoms with Crippen LogP contribution in [0.2, 0.25) is 5.02 Å². The number of halogens is 1. The van der Waals surface area contributed by atoms with Gasteiger partial charge in [0.1, 0.15) is 10.6 Å². The Hall–Kier alpha value is -1.31. The van der Waals surface area contributed by atoms with Gasteiger partial charge in [0.25, 0.3) is 0 Å². The zero-order chi connectivity index (χ0) is 15.8. The molecule has 0 spiro atoms. The van der Waals surface area contributed by atoms with Gasteiger partial charge in [0.05, 0.1) is 11.6 Å². The fourth-order valence-corrected chi connectivity index (χ4v) is 3.44.